The molecule has 4 heteroatoms. The van der Waals surface area contributed by atoms with Crippen LogP contribution in [-0.4, -0.2) is 12.6 Å². The van der Waals surface area contributed by atoms with E-state index in [0.717, 1.165) is 0 Å². The van der Waals surface area contributed by atoms with Gasteiger partial charge >= 0.3 is 5.97 Å². The fraction of sp³-hybridized carbons (Fsp3) is 0.417. The van der Waals surface area contributed by atoms with Crippen LogP contribution in [-0.2, 0) is 15.2 Å². The fourth-order valence-corrected chi connectivity index (χ4v) is 1.92. The van der Waals surface area contributed by atoms with Crippen LogP contribution in [0.2, 0.25) is 5.02 Å². The molecule has 0 heterocycles. The molecular weight excluding hydrogens is 231 g/mol. The van der Waals surface area contributed by atoms with Gasteiger partial charge in [-0.3, -0.25) is 4.79 Å². The molecule has 0 aromatic heterocycles. The first kappa shape index (κ1) is 11.4. The summed E-state index contributed by atoms with van der Waals surface area (Å²) in [5, 5.41) is 0.556. The summed E-state index contributed by atoms with van der Waals surface area (Å²) in [6, 6.07) is 6.47. The SMILES string of the molecule is CCOC(=O)C1CC1(F)c1ccc(Cl)cc1. The summed E-state index contributed by atoms with van der Waals surface area (Å²) in [7, 11) is 0. The van der Waals surface area contributed by atoms with Crippen molar-refractivity contribution >= 4 is 17.6 Å². The monoisotopic (exact) mass is 242 g/mol. The molecule has 1 aliphatic rings. The van der Waals surface area contributed by atoms with E-state index in [4.69, 9.17) is 16.3 Å². The Morgan fingerprint density at radius 3 is 2.75 bits per heavy atom. The molecule has 86 valence electrons. The van der Waals surface area contributed by atoms with Crippen LogP contribution in [0.1, 0.15) is 18.9 Å². The summed E-state index contributed by atoms with van der Waals surface area (Å²) < 4.78 is 19.1. The van der Waals surface area contributed by atoms with Gasteiger partial charge in [-0.25, -0.2) is 4.39 Å². The van der Waals surface area contributed by atoms with Crippen molar-refractivity contribution in [1.82, 2.24) is 0 Å². The highest BCUT2D eigenvalue weighted by Crippen LogP contribution is 2.56. The van der Waals surface area contributed by atoms with Crippen molar-refractivity contribution in [1.29, 1.82) is 0 Å². The second-order valence-electron chi connectivity index (χ2n) is 3.88. The lowest BCUT2D eigenvalue weighted by Crippen LogP contribution is -2.13. The molecule has 0 saturated heterocycles. The maximum atomic E-state index is 14.3. The molecule has 0 spiro atoms. The standard InChI is InChI=1S/C12H12ClFO2/c1-2-16-11(15)10-7-12(10,14)8-3-5-9(13)6-4-8/h3-6,10H,2,7H2,1H3. The lowest BCUT2D eigenvalue weighted by molar-refractivity contribution is -0.145. The van der Waals surface area contributed by atoms with Crippen LogP contribution < -0.4 is 0 Å². The number of halogens is 2. The summed E-state index contributed by atoms with van der Waals surface area (Å²) in [4.78, 5) is 11.4. The third kappa shape index (κ3) is 1.92. The van der Waals surface area contributed by atoms with Crippen LogP contribution in [0.25, 0.3) is 0 Å². The molecule has 1 aromatic rings. The Bertz CT molecular complexity index is 404. The van der Waals surface area contributed by atoms with Gasteiger partial charge in [0.15, 0.2) is 0 Å². The largest absolute Gasteiger partial charge is 0.466 e. The van der Waals surface area contributed by atoms with Gasteiger partial charge < -0.3 is 4.74 Å². The Labute approximate surface area is 98.4 Å². The van der Waals surface area contributed by atoms with E-state index in [1.54, 1.807) is 31.2 Å². The van der Waals surface area contributed by atoms with Crippen molar-refractivity contribution in [2.75, 3.05) is 6.61 Å². The summed E-state index contributed by atoms with van der Waals surface area (Å²) >= 11 is 5.72. The fourth-order valence-electron chi connectivity index (χ4n) is 1.80. The second kappa shape index (κ2) is 4.06. The van der Waals surface area contributed by atoms with E-state index in [1.165, 1.54) is 0 Å². The first-order chi connectivity index (χ1) is 7.58. The van der Waals surface area contributed by atoms with Crippen molar-refractivity contribution in [3.63, 3.8) is 0 Å². The predicted molar refractivity (Wildman–Crippen MR) is 59.0 cm³/mol. The molecule has 2 nitrogen and oxygen atoms in total. The van der Waals surface area contributed by atoms with Crippen molar-refractivity contribution < 1.29 is 13.9 Å². The molecule has 1 saturated carbocycles. The van der Waals surface area contributed by atoms with Crippen LogP contribution in [0, 0.1) is 5.92 Å². The van der Waals surface area contributed by atoms with E-state index in [1.807, 2.05) is 0 Å². The van der Waals surface area contributed by atoms with Crippen molar-refractivity contribution in [3.8, 4) is 0 Å². The quantitative estimate of drug-likeness (QED) is 0.762. The lowest BCUT2D eigenvalue weighted by atomic mass is 10.1. The van der Waals surface area contributed by atoms with Crippen molar-refractivity contribution in [2.24, 2.45) is 5.92 Å². The maximum Gasteiger partial charge on any atom is 0.312 e. The highest BCUT2D eigenvalue weighted by Gasteiger charge is 2.61. The zero-order valence-electron chi connectivity index (χ0n) is 8.87. The third-order valence-electron chi connectivity index (χ3n) is 2.79. The number of rotatable bonds is 3. The van der Waals surface area contributed by atoms with E-state index in [0.29, 0.717) is 10.6 Å². The van der Waals surface area contributed by atoms with Gasteiger partial charge in [-0.15, -0.1) is 0 Å². The van der Waals surface area contributed by atoms with Crippen LogP contribution in [0.4, 0.5) is 4.39 Å². The topological polar surface area (TPSA) is 26.3 Å². The normalized spacial score (nSPS) is 27.6. The minimum absolute atomic E-state index is 0.202. The minimum Gasteiger partial charge on any atom is -0.466 e. The maximum absolute atomic E-state index is 14.3. The first-order valence-electron chi connectivity index (χ1n) is 5.19. The van der Waals surface area contributed by atoms with E-state index >= 15 is 0 Å². The Morgan fingerprint density at radius 2 is 2.19 bits per heavy atom. The Balaban J connectivity index is 2.12. The van der Waals surface area contributed by atoms with Crippen LogP contribution in [0.3, 0.4) is 0 Å². The van der Waals surface area contributed by atoms with Gasteiger partial charge in [-0.2, -0.15) is 0 Å². The summed E-state index contributed by atoms with van der Waals surface area (Å²) in [6.45, 7) is 1.99. The summed E-state index contributed by atoms with van der Waals surface area (Å²) in [6.07, 6.45) is 0.202. The molecule has 1 aliphatic carbocycles. The van der Waals surface area contributed by atoms with E-state index in [9.17, 15) is 9.18 Å². The van der Waals surface area contributed by atoms with Gasteiger partial charge in [-0.1, -0.05) is 23.7 Å². The van der Waals surface area contributed by atoms with Gasteiger partial charge in [0, 0.05) is 11.4 Å². The molecule has 2 atom stereocenters. The number of alkyl halides is 1. The van der Waals surface area contributed by atoms with Crippen LogP contribution in [0.15, 0.2) is 24.3 Å². The Morgan fingerprint density at radius 1 is 1.56 bits per heavy atom. The van der Waals surface area contributed by atoms with Crippen LogP contribution in [0.5, 0.6) is 0 Å². The van der Waals surface area contributed by atoms with Gasteiger partial charge in [0.2, 0.25) is 0 Å². The molecule has 16 heavy (non-hydrogen) atoms. The Kier molecular flexibility index (Phi) is 2.89. The highest BCUT2D eigenvalue weighted by molar-refractivity contribution is 6.30. The highest BCUT2D eigenvalue weighted by atomic mass is 35.5. The second-order valence-corrected chi connectivity index (χ2v) is 4.31. The molecule has 0 aliphatic heterocycles. The molecule has 0 amide bonds. The molecule has 2 unspecified atom stereocenters. The average Bonchev–Trinajstić information content (AvgIpc) is 2.93. The molecule has 0 radical (unpaired) electrons. The smallest absolute Gasteiger partial charge is 0.312 e. The molecule has 2 rings (SSSR count). The number of hydrogen-bond acceptors (Lipinski definition) is 2. The number of benzene rings is 1. The van der Waals surface area contributed by atoms with Crippen molar-refractivity contribution in [3.05, 3.63) is 34.9 Å². The molecule has 1 fully saturated rings. The number of carbonyl (C=O) groups excluding carboxylic acids is 1. The average molecular weight is 243 g/mol. The predicted octanol–water partition coefficient (Wildman–Crippen LogP) is 3.09. The number of esters is 1. The van der Waals surface area contributed by atoms with E-state index < -0.39 is 17.6 Å². The molecule has 1 aromatic carbocycles. The Hall–Kier alpha value is -1.09. The number of carbonyl (C=O) groups is 1. The van der Waals surface area contributed by atoms with Crippen LogP contribution >= 0.6 is 11.6 Å². The van der Waals surface area contributed by atoms with Gasteiger partial charge in [0.25, 0.3) is 0 Å². The number of hydrogen-bond donors (Lipinski definition) is 0. The minimum atomic E-state index is -1.56. The van der Waals surface area contributed by atoms with E-state index in [-0.39, 0.29) is 13.0 Å². The first-order valence-corrected chi connectivity index (χ1v) is 5.57. The molecule has 0 bridgehead atoms. The van der Waals surface area contributed by atoms with E-state index in [2.05, 4.69) is 0 Å². The molecule has 0 N–H and O–H groups in total. The zero-order chi connectivity index (χ0) is 11.8. The van der Waals surface area contributed by atoms with Gasteiger partial charge in [0.05, 0.1) is 12.5 Å². The van der Waals surface area contributed by atoms with Gasteiger partial charge in [-0.05, 0) is 24.6 Å². The van der Waals surface area contributed by atoms with Crippen molar-refractivity contribution in [2.45, 2.75) is 19.0 Å². The third-order valence-corrected chi connectivity index (χ3v) is 3.04. The molecular formula is C12H12ClFO2. The summed E-state index contributed by atoms with van der Waals surface area (Å²) in [5.41, 5.74) is -1.06. The summed E-state index contributed by atoms with van der Waals surface area (Å²) in [5.74, 6) is -1.12. The van der Waals surface area contributed by atoms with Gasteiger partial charge in [0.1, 0.15) is 5.67 Å². The number of ether oxygens (including phenoxy) is 1. The lowest BCUT2D eigenvalue weighted by Gasteiger charge is -2.07. The zero-order valence-corrected chi connectivity index (χ0v) is 9.63.